The van der Waals surface area contributed by atoms with E-state index in [4.69, 9.17) is 4.74 Å². The van der Waals surface area contributed by atoms with Crippen molar-refractivity contribution in [2.24, 2.45) is 0 Å². The van der Waals surface area contributed by atoms with Gasteiger partial charge in [0.05, 0.1) is 0 Å². The number of amides is 1. The predicted octanol–water partition coefficient (Wildman–Crippen LogP) is 2.43. The van der Waals surface area contributed by atoms with Crippen LogP contribution in [-0.4, -0.2) is 30.3 Å². The third kappa shape index (κ3) is 5.91. The van der Waals surface area contributed by atoms with E-state index in [0.717, 1.165) is 6.54 Å². The Bertz CT molecular complexity index is 253. The molecule has 1 rings (SSSR count). The molecule has 1 saturated carbocycles. The molecule has 0 unspecified atom stereocenters. The average Bonchev–Trinajstić information content (AvgIpc) is 2.58. The lowest BCUT2D eigenvalue weighted by atomic mass is 10.0. The number of carbonyl (C=O) groups is 1. The Morgan fingerprint density at radius 1 is 1.24 bits per heavy atom. The number of hydrogen-bond acceptors (Lipinski definition) is 3. The van der Waals surface area contributed by atoms with Crippen molar-refractivity contribution in [1.29, 1.82) is 0 Å². The van der Waals surface area contributed by atoms with E-state index in [1.807, 2.05) is 20.8 Å². The minimum atomic E-state index is -0.422. The highest BCUT2D eigenvalue weighted by Gasteiger charge is 2.27. The van der Waals surface area contributed by atoms with Crippen molar-refractivity contribution < 1.29 is 9.53 Å². The lowest BCUT2D eigenvalue weighted by molar-refractivity contribution is 0.0527. The van der Waals surface area contributed by atoms with Gasteiger partial charge in [-0.15, -0.1) is 0 Å². The van der Waals surface area contributed by atoms with Crippen molar-refractivity contribution in [3.05, 3.63) is 0 Å². The molecule has 0 aromatic heterocycles. The summed E-state index contributed by atoms with van der Waals surface area (Å²) in [5.41, 5.74) is -0.148. The highest BCUT2D eigenvalue weighted by atomic mass is 16.6. The van der Waals surface area contributed by atoms with Crippen molar-refractivity contribution in [2.75, 3.05) is 13.1 Å². The Morgan fingerprint density at radius 2 is 1.82 bits per heavy atom. The highest BCUT2D eigenvalue weighted by Crippen LogP contribution is 2.28. The van der Waals surface area contributed by atoms with Crippen molar-refractivity contribution in [2.45, 2.75) is 64.5 Å². The minimum Gasteiger partial charge on any atom is -0.444 e. The van der Waals surface area contributed by atoms with Gasteiger partial charge >= 0.3 is 6.09 Å². The molecule has 0 saturated heterocycles. The first-order chi connectivity index (χ1) is 7.81. The molecule has 1 aliphatic carbocycles. The van der Waals surface area contributed by atoms with E-state index in [1.54, 1.807) is 0 Å². The molecule has 0 aliphatic heterocycles. The van der Waals surface area contributed by atoms with Crippen LogP contribution < -0.4 is 10.6 Å². The van der Waals surface area contributed by atoms with Crippen molar-refractivity contribution in [1.82, 2.24) is 10.6 Å². The van der Waals surface area contributed by atoms with Crippen LogP contribution in [0, 0.1) is 0 Å². The molecule has 0 aromatic rings. The van der Waals surface area contributed by atoms with Crippen LogP contribution in [0.25, 0.3) is 0 Å². The Hall–Kier alpha value is -0.770. The third-order valence-corrected chi connectivity index (χ3v) is 3.05. The van der Waals surface area contributed by atoms with Crippen LogP contribution in [0.3, 0.4) is 0 Å². The zero-order valence-corrected chi connectivity index (χ0v) is 11.6. The van der Waals surface area contributed by atoms with Crippen molar-refractivity contribution >= 4 is 6.09 Å². The molecule has 4 nitrogen and oxygen atoms in total. The highest BCUT2D eigenvalue weighted by molar-refractivity contribution is 5.67. The molecule has 100 valence electrons. The molecule has 1 fully saturated rings. The summed E-state index contributed by atoms with van der Waals surface area (Å²) >= 11 is 0. The Morgan fingerprint density at radius 3 is 2.35 bits per heavy atom. The summed E-state index contributed by atoms with van der Waals surface area (Å²) in [5.74, 6) is 0. The Kier molecular flexibility index (Phi) is 4.80. The first-order valence-electron chi connectivity index (χ1n) is 6.53. The number of nitrogens with one attached hydrogen (secondary N) is 2. The summed E-state index contributed by atoms with van der Waals surface area (Å²) in [6.07, 6.45) is 4.75. The Balaban J connectivity index is 2.10. The number of alkyl carbamates (subject to hydrolysis) is 1. The van der Waals surface area contributed by atoms with Gasteiger partial charge in [-0.3, -0.25) is 0 Å². The fourth-order valence-electron chi connectivity index (χ4n) is 2.18. The maximum atomic E-state index is 11.4. The Labute approximate surface area is 104 Å². The maximum absolute atomic E-state index is 11.4. The second kappa shape index (κ2) is 5.71. The largest absolute Gasteiger partial charge is 0.444 e. The average molecular weight is 242 g/mol. The molecule has 2 N–H and O–H groups in total. The van der Waals surface area contributed by atoms with Crippen LogP contribution in [0.1, 0.15) is 53.4 Å². The summed E-state index contributed by atoms with van der Waals surface area (Å²) < 4.78 is 5.16. The third-order valence-electron chi connectivity index (χ3n) is 3.05. The van der Waals surface area contributed by atoms with E-state index in [-0.39, 0.29) is 11.6 Å². The molecule has 1 amide bonds. The van der Waals surface area contributed by atoms with Gasteiger partial charge in [0, 0.05) is 18.6 Å². The van der Waals surface area contributed by atoms with Gasteiger partial charge in [-0.05, 0) is 40.5 Å². The second-order valence-corrected chi connectivity index (χ2v) is 6.12. The number of hydrogen-bond donors (Lipinski definition) is 2. The van der Waals surface area contributed by atoms with Crippen LogP contribution in [0.2, 0.25) is 0 Å². The SMILES string of the molecule is CC1(NCCNC(=O)OC(C)(C)C)CCCC1. The van der Waals surface area contributed by atoms with Crippen LogP contribution in [0.4, 0.5) is 4.79 Å². The monoisotopic (exact) mass is 242 g/mol. The second-order valence-electron chi connectivity index (χ2n) is 6.12. The number of rotatable bonds is 4. The van der Waals surface area contributed by atoms with E-state index in [9.17, 15) is 4.79 Å². The molecule has 0 spiro atoms. The van der Waals surface area contributed by atoms with Gasteiger partial charge in [-0.1, -0.05) is 12.8 Å². The standard InChI is InChI=1S/C13H26N2O2/c1-12(2,3)17-11(16)14-9-10-15-13(4)7-5-6-8-13/h15H,5-10H2,1-4H3,(H,14,16). The van der Waals surface area contributed by atoms with Crippen LogP contribution in [0.15, 0.2) is 0 Å². The number of ether oxygens (including phenoxy) is 1. The molecular formula is C13H26N2O2. The van der Waals surface area contributed by atoms with Gasteiger partial charge in [-0.25, -0.2) is 4.79 Å². The van der Waals surface area contributed by atoms with Gasteiger partial charge in [0.25, 0.3) is 0 Å². The summed E-state index contributed by atoms with van der Waals surface area (Å²) in [7, 11) is 0. The lowest BCUT2D eigenvalue weighted by Crippen LogP contribution is -2.44. The van der Waals surface area contributed by atoms with Gasteiger partial charge in [0.15, 0.2) is 0 Å². The number of carbonyl (C=O) groups excluding carboxylic acids is 1. The predicted molar refractivity (Wildman–Crippen MR) is 69.1 cm³/mol. The fraction of sp³-hybridized carbons (Fsp3) is 0.923. The quantitative estimate of drug-likeness (QED) is 0.744. The van der Waals surface area contributed by atoms with Crippen LogP contribution >= 0.6 is 0 Å². The van der Waals surface area contributed by atoms with E-state index in [0.29, 0.717) is 6.54 Å². The molecule has 0 radical (unpaired) electrons. The zero-order valence-electron chi connectivity index (χ0n) is 11.6. The zero-order chi connectivity index (χ0) is 12.9. The normalized spacial score (nSPS) is 19.1. The van der Waals surface area contributed by atoms with Crippen LogP contribution in [-0.2, 0) is 4.74 Å². The molecule has 4 heteroatoms. The first-order valence-corrected chi connectivity index (χ1v) is 6.53. The first kappa shape index (κ1) is 14.3. The fourth-order valence-corrected chi connectivity index (χ4v) is 2.18. The van der Waals surface area contributed by atoms with E-state index in [1.165, 1.54) is 25.7 Å². The summed E-state index contributed by atoms with van der Waals surface area (Å²) in [6, 6.07) is 0. The molecule has 0 aromatic carbocycles. The maximum Gasteiger partial charge on any atom is 0.407 e. The van der Waals surface area contributed by atoms with E-state index >= 15 is 0 Å². The molecule has 0 bridgehead atoms. The molecular weight excluding hydrogens is 216 g/mol. The molecule has 1 aliphatic rings. The molecule has 17 heavy (non-hydrogen) atoms. The lowest BCUT2D eigenvalue weighted by Gasteiger charge is -2.25. The summed E-state index contributed by atoms with van der Waals surface area (Å²) in [5, 5.41) is 6.26. The van der Waals surface area contributed by atoms with Gasteiger partial charge in [0.2, 0.25) is 0 Å². The smallest absolute Gasteiger partial charge is 0.407 e. The van der Waals surface area contributed by atoms with Gasteiger partial charge < -0.3 is 15.4 Å². The van der Waals surface area contributed by atoms with E-state index < -0.39 is 5.60 Å². The summed E-state index contributed by atoms with van der Waals surface area (Å²) in [4.78, 5) is 11.4. The van der Waals surface area contributed by atoms with Crippen LogP contribution in [0.5, 0.6) is 0 Å². The van der Waals surface area contributed by atoms with Gasteiger partial charge in [0.1, 0.15) is 5.60 Å². The van der Waals surface area contributed by atoms with Crippen molar-refractivity contribution in [3.63, 3.8) is 0 Å². The van der Waals surface area contributed by atoms with Crippen molar-refractivity contribution in [3.8, 4) is 0 Å². The summed E-state index contributed by atoms with van der Waals surface area (Å²) in [6.45, 7) is 9.27. The molecule has 0 atom stereocenters. The van der Waals surface area contributed by atoms with E-state index in [2.05, 4.69) is 17.6 Å². The van der Waals surface area contributed by atoms with Gasteiger partial charge in [-0.2, -0.15) is 0 Å². The minimum absolute atomic E-state index is 0.273. The molecule has 0 heterocycles. The topological polar surface area (TPSA) is 50.4 Å².